The van der Waals surface area contributed by atoms with Gasteiger partial charge in [-0.2, -0.15) is 0 Å². The van der Waals surface area contributed by atoms with E-state index < -0.39 is 18.5 Å². The maximum Gasteiger partial charge on any atom is 0.349 e. The molecule has 0 fully saturated rings. The number of urea groups is 1. The van der Waals surface area contributed by atoms with Crippen LogP contribution in [0.5, 0.6) is 5.75 Å². The lowest BCUT2D eigenvalue weighted by Crippen LogP contribution is -2.42. The van der Waals surface area contributed by atoms with Gasteiger partial charge in [0.25, 0.3) is 0 Å². The monoisotopic (exact) mass is 558 g/mol. The van der Waals surface area contributed by atoms with Crippen LogP contribution in [0.25, 0.3) is 10.4 Å². The molecule has 3 N–H and O–H groups in total. The standard InChI is InChI=1S/C28H31ClN2O6S/c1-16(2)30-27(36)31(14-17-9-11-19(12-10-17)28(3,4)5)20-8-6-7-18(13-20)24-22(29)23(37-15-21(32)33)25(38-24)26(34)35/h6-13,16H,14-15H2,1-5H3,(H,30,36)(H,32,33)(H,34,35). The molecule has 3 rings (SSSR count). The second-order valence-corrected chi connectivity index (χ2v) is 11.5. The molecular formula is C28H31ClN2O6S. The quantitative estimate of drug-likeness (QED) is 0.271. The van der Waals surface area contributed by atoms with Gasteiger partial charge in [-0.3, -0.25) is 4.90 Å². The Labute approximate surface area is 230 Å². The van der Waals surface area contributed by atoms with Crippen LogP contribution in [0.1, 0.15) is 55.4 Å². The van der Waals surface area contributed by atoms with Gasteiger partial charge >= 0.3 is 18.0 Å². The first kappa shape index (κ1) is 29.0. The highest BCUT2D eigenvalue weighted by Gasteiger charge is 2.26. The number of benzene rings is 2. The third kappa shape index (κ3) is 7.05. The van der Waals surface area contributed by atoms with Crippen LogP contribution < -0.4 is 15.0 Å². The van der Waals surface area contributed by atoms with E-state index in [1.807, 2.05) is 26.0 Å². The van der Waals surface area contributed by atoms with Gasteiger partial charge in [0.1, 0.15) is 5.02 Å². The Kier molecular flexibility index (Phi) is 9.06. The van der Waals surface area contributed by atoms with Crippen LogP contribution in [0.4, 0.5) is 10.5 Å². The highest BCUT2D eigenvalue weighted by molar-refractivity contribution is 7.18. The summed E-state index contributed by atoms with van der Waals surface area (Å²) in [5, 5.41) is 21.5. The number of carbonyl (C=O) groups is 3. The molecule has 0 saturated heterocycles. The van der Waals surface area contributed by atoms with Crippen molar-refractivity contribution in [2.24, 2.45) is 0 Å². The number of carbonyl (C=O) groups excluding carboxylic acids is 1. The van der Waals surface area contributed by atoms with Crippen molar-refractivity contribution in [2.75, 3.05) is 11.5 Å². The van der Waals surface area contributed by atoms with Crippen LogP contribution in [0.3, 0.4) is 0 Å². The van der Waals surface area contributed by atoms with Gasteiger partial charge in [0.2, 0.25) is 0 Å². The average molecular weight is 559 g/mol. The van der Waals surface area contributed by atoms with Crippen molar-refractivity contribution in [3.63, 3.8) is 0 Å². The van der Waals surface area contributed by atoms with E-state index in [1.165, 1.54) is 5.56 Å². The minimum Gasteiger partial charge on any atom is -0.479 e. The fourth-order valence-electron chi connectivity index (χ4n) is 3.70. The fraction of sp³-hybridized carbons (Fsp3) is 0.321. The Morgan fingerprint density at radius 1 is 1.08 bits per heavy atom. The van der Waals surface area contributed by atoms with E-state index >= 15 is 0 Å². The summed E-state index contributed by atoms with van der Waals surface area (Å²) in [5.74, 6) is -2.73. The third-order valence-electron chi connectivity index (χ3n) is 5.58. The molecule has 8 nitrogen and oxygen atoms in total. The van der Waals surface area contributed by atoms with Crippen LogP contribution in [0.15, 0.2) is 48.5 Å². The third-order valence-corrected chi connectivity index (χ3v) is 7.26. The van der Waals surface area contributed by atoms with E-state index in [2.05, 4.69) is 38.2 Å². The lowest BCUT2D eigenvalue weighted by Gasteiger charge is -2.26. The van der Waals surface area contributed by atoms with E-state index in [0.29, 0.717) is 22.7 Å². The number of carboxylic acid groups (broad SMARTS) is 2. The van der Waals surface area contributed by atoms with Gasteiger partial charge in [-0.05, 0) is 48.1 Å². The summed E-state index contributed by atoms with van der Waals surface area (Å²) in [6.07, 6.45) is 0. The molecule has 0 atom stereocenters. The molecule has 0 aliphatic carbocycles. The molecule has 0 bridgehead atoms. The predicted molar refractivity (Wildman–Crippen MR) is 150 cm³/mol. The topological polar surface area (TPSA) is 116 Å². The molecule has 2 aromatic carbocycles. The zero-order valence-electron chi connectivity index (χ0n) is 21.9. The first-order valence-electron chi connectivity index (χ1n) is 12.0. The van der Waals surface area contributed by atoms with E-state index in [4.69, 9.17) is 21.4 Å². The molecule has 0 saturated carbocycles. The zero-order valence-corrected chi connectivity index (χ0v) is 23.4. The minimum absolute atomic E-state index is 0.00162. The van der Waals surface area contributed by atoms with Gasteiger partial charge in [0.15, 0.2) is 17.2 Å². The Balaban J connectivity index is 2.02. The smallest absolute Gasteiger partial charge is 0.349 e. The molecule has 0 aliphatic heterocycles. The largest absolute Gasteiger partial charge is 0.479 e. The molecule has 0 radical (unpaired) electrons. The van der Waals surface area contributed by atoms with Gasteiger partial charge in [-0.1, -0.05) is 68.8 Å². The van der Waals surface area contributed by atoms with E-state index in [-0.39, 0.29) is 33.1 Å². The fourth-order valence-corrected chi connectivity index (χ4v) is 5.10. The predicted octanol–water partition coefficient (Wildman–Crippen LogP) is 6.65. The zero-order chi connectivity index (χ0) is 28.2. The lowest BCUT2D eigenvalue weighted by molar-refractivity contribution is -0.139. The lowest BCUT2D eigenvalue weighted by atomic mass is 9.87. The number of nitrogens with zero attached hydrogens (tertiary/aromatic N) is 1. The SMILES string of the molecule is CC(C)NC(=O)N(Cc1ccc(C(C)(C)C)cc1)c1cccc(-c2sc(C(=O)O)c(OCC(=O)O)c2Cl)c1. The summed E-state index contributed by atoms with van der Waals surface area (Å²) in [7, 11) is 0. The van der Waals surface area contributed by atoms with Crippen molar-refractivity contribution >= 4 is 46.6 Å². The van der Waals surface area contributed by atoms with Crippen molar-refractivity contribution in [1.82, 2.24) is 5.32 Å². The Hall–Kier alpha value is -3.56. The van der Waals surface area contributed by atoms with Gasteiger partial charge in [-0.25, -0.2) is 14.4 Å². The maximum atomic E-state index is 13.2. The van der Waals surface area contributed by atoms with E-state index in [9.17, 15) is 19.5 Å². The average Bonchev–Trinajstić information content (AvgIpc) is 3.17. The molecule has 1 aromatic heterocycles. The number of hydrogen-bond donors (Lipinski definition) is 3. The highest BCUT2D eigenvalue weighted by Crippen LogP contribution is 2.46. The van der Waals surface area contributed by atoms with Gasteiger partial charge < -0.3 is 20.3 Å². The van der Waals surface area contributed by atoms with Crippen molar-refractivity contribution < 1.29 is 29.3 Å². The second-order valence-electron chi connectivity index (χ2n) is 10.1. The number of amides is 2. The minimum atomic E-state index is -1.28. The summed E-state index contributed by atoms with van der Waals surface area (Å²) in [6.45, 7) is 9.74. The molecule has 1 heterocycles. The van der Waals surface area contributed by atoms with Crippen LogP contribution >= 0.6 is 22.9 Å². The molecule has 202 valence electrons. The summed E-state index contributed by atoms with van der Waals surface area (Å²) < 4.78 is 5.19. The van der Waals surface area contributed by atoms with Gasteiger partial charge in [-0.15, -0.1) is 11.3 Å². The number of thiophene rings is 1. The highest BCUT2D eigenvalue weighted by atomic mass is 35.5. The molecular weight excluding hydrogens is 528 g/mol. The number of rotatable bonds is 9. The Morgan fingerprint density at radius 3 is 2.29 bits per heavy atom. The number of carboxylic acids is 2. The summed E-state index contributed by atoms with van der Waals surface area (Å²) in [4.78, 5) is 37.8. The summed E-state index contributed by atoms with van der Waals surface area (Å²) >= 11 is 7.35. The molecule has 0 unspecified atom stereocenters. The number of anilines is 1. The van der Waals surface area contributed by atoms with Gasteiger partial charge in [0, 0.05) is 11.7 Å². The molecule has 3 aromatic rings. The van der Waals surface area contributed by atoms with Crippen LogP contribution in [-0.2, 0) is 16.8 Å². The second kappa shape index (κ2) is 11.9. The van der Waals surface area contributed by atoms with E-state index in [0.717, 1.165) is 16.9 Å². The van der Waals surface area contributed by atoms with Gasteiger partial charge in [0.05, 0.1) is 11.4 Å². The summed E-state index contributed by atoms with van der Waals surface area (Å²) in [6, 6.07) is 14.8. The molecule has 0 aliphatic rings. The van der Waals surface area contributed by atoms with Crippen molar-refractivity contribution in [2.45, 2.75) is 52.6 Å². The first-order chi connectivity index (χ1) is 17.8. The Morgan fingerprint density at radius 2 is 1.74 bits per heavy atom. The Bertz CT molecular complexity index is 1330. The number of nitrogens with one attached hydrogen (secondary N) is 1. The van der Waals surface area contributed by atoms with Crippen LogP contribution in [-0.4, -0.2) is 40.8 Å². The molecule has 0 spiro atoms. The molecule has 2 amide bonds. The number of hydrogen-bond acceptors (Lipinski definition) is 5. The van der Waals surface area contributed by atoms with Crippen molar-refractivity contribution in [3.05, 3.63) is 69.6 Å². The van der Waals surface area contributed by atoms with Crippen LogP contribution in [0, 0.1) is 0 Å². The van der Waals surface area contributed by atoms with Crippen LogP contribution in [0.2, 0.25) is 5.02 Å². The number of halogens is 1. The normalized spacial score (nSPS) is 11.3. The van der Waals surface area contributed by atoms with Crippen molar-refractivity contribution in [1.29, 1.82) is 0 Å². The first-order valence-corrected chi connectivity index (χ1v) is 13.2. The number of aromatic carboxylic acids is 1. The molecule has 10 heteroatoms. The van der Waals surface area contributed by atoms with Crippen molar-refractivity contribution in [3.8, 4) is 16.2 Å². The maximum absolute atomic E-state index is 13.2. The summed E-state index contributed by atoms with van der Waals surface area (Å²) in [5.41, 5.74) is 3.27. The molecule has 38 heavy (non-hydrogen) atoms. The number of aliphatic carboxylic acids is 1. The number of ether oxygens (including phenoxy) is 1. The van der Waals surface area contributed by atoms with E-state index in [1.54, 1.807) is 29.2 Å².